The van der Waals surface area contributed by atoms with Gasteiger partial charge in [-0.1, -0.05) is 0 Å². The summed E-state index contributed by atoms with van der Waals surface area (Å²) in [7, 11) is 0. The fourth-order valence-corrected chi connectivity index (χ4v) is 3.96. The van der Waals surface area contributed by atoms with Crippen molar-refractivity contribution in [3.05, 3.63) is 38.5 Å². The predicted octanol–water partition coefficient (Wildman–Crippen LogP) is 3.18. The molecule has 2 aromatic heterocycles. The second-order valence-electron chi connectivity index (χ2n) is 5.40. The van der Waals surface area contributed by atoms with E-state index in [9.17, 15) is 4.79 Å². The van der Waals surface area contributed by atoms with Crippen LogP contribution in [0.5, 0.6) is 0 Å². The lowest BCUT2D eigenvalue weighted by molar-refractivity contribution is -0.0655. The van der Waals surface area contributed by atoms with Crippen LogP contribution in [0.1, 0.15) is 28.5 Å². The van der Waals surface area contributed by atoms with E-state index in [0.29, 0.717) is 19.6 Å². The van der Waals surface area contributed by atoms with Gasteiger partial charge in [0.2, 0.25) is 0 Å². The number of morpholine rings is 1. The number of aryl methyl sites for hydroxylation is 1. The van der Waals surface area contributed by atoms with Crippen molar-refractivity contribution in [2.75, 3.05) is 13.1 Å². The Morgan fingerprint density at radius 1 is 1.55 bits per heavy atom. The lowest BCUT2D eigenvalue weighted by Crippen LogP contribution is -2.49. The molecule has 3 rings (SSSR count). The number of hydrogen-bond acceptors (Lipinski definition) is 5. The Labute approximate surface area is 137 Å². The van der Waals surface area contributed by atoms with Crippen LogP contribution in [0.3, 0.4) is 0 Å². The summed E-state index contributed by atoms with van der Waals surface area (Å²) in [5, 5.41) is 8.11. The Kier molecular flexibility index (Phi) is 4.75. The van der Waals surface area contributed by atoms with Crippen molar-refractivity contribution in [1.29, 1.82) is 0 Å². The molecule has 22 heavy (non-hydrogen) atoms. The van der Waals surface area contributed by atoms with Gasteiger partial charge in [-0.3, -0.25) is 0 Å². The van der Waals surface area contributed by atoms with Gasteiger partial charge in [-0.15, -0.1) is 11.3 Å². The molecule has 0 saturated carbocycles. The molecule has 0 radical (unpaired) electrons. The van der Waals surface area contributed by atoms with E-state index < -0.39 is 0 Å². The zero-order valence-electron chi connectivity index (χ0n) is 12.6. The number of rotatable bonds is 3. The Morgan fingerprint density at radius 3 is 3.09 bits per heavy atom. The van der Waals surface area contributed by atoms with Gasteiger partial charge in [0.25, 0.3) is 0 Å². The third-order valence-corrected chi connectivity index (χ3v) is 5.16. The first-order valence-electron chi connectivity index (χ1n) is 7.23. The zero-order chi connectivity index (χ0) is 15.5. The van der Waals surface area contributed by atoms with Crippen LogP contribution in [0.2, 0.25) is 0 Å². The molecule has 1 aliphatic heterocycles. The van der Waals surface area contributed by atoms with Gasteiger partial charge in [0.1, 0.15) is 6.10 Å². The van der Waals surface area contributed by atoms with Crippen LogP contribution in [0.25, 0.3) is 0 Å². The Hall–Kier alpha value is -1.44. The first-order valence-corrected chi connectivity index (χ1v) is 8.99. The lowest BCUT2D eigenvalue weighted by Gasteiger charge is -2.36. The Morgan fingerprint density at radius 2 is 2.41 bits per heavy atom. The maximum Gasteiger partial charge on any atom is 0.317 e. The van der Waals surface area contributed by atoms with Gasteiger partial charge in [-0.2, -0.15) is 11.3 Å². The Balaban J connectivity index is 1.59. The van der Waals surface area contributed by atoms with Gasteiger partial charge in [-0.25, -0.2) is 9.78 Å². The number of thiophene rings is 1. The van der Waals surface area contributed by atoms with Gasteiger partial charge >= 0.3 is 6.03 Å². The highest BCUT2D eigenvalue weighted by Crippen LogP contribution is 2.26. The van der Waals surface area contributed by atoms with Crippen molar-refractivity contribution in [1.82, 2.24) is 15.2 Å². The molecule has 1 fully saturated rings. The maximum absolute atomic E-state index is 12.4. The maximum atomic E-state index is 12.4. The smallest absolute Gasteiger partial charge is 0.317 e. The van der Waals surface area contributed by atoms with Crippen LogP contribution in [0.15, 0.2) is 23.0 Å². The van der Waals surface area contributed by atoms with Crippen molar-refractivity contribution in [3.8, 4) is 0 Å². The van der Waals surface area contributed by atoms with E-state index in [2.05, 4.69) is 21.7 Å². The molecule has 5 nitrogen and oxygen atoms in total. The highest BCUT2D eigenvalue weighted by molar-refractivity contribution is 7.11. The molecule has 0 bridgehead atoms. The highest BCUT2D eigenvalue weighted by atomic mass is 32.1. The van der Waals surface area contributed by atoms with Gasteiger partial charge in [0, 0.05) is 17.6 Å². The van der Waals surface area contributed by atoms with E-state index in [1.165, 1.54) is 0 Å². The lowest BCUT2D eigenvalue weighted by atomic mass is 10.1. The molecule has 1 aliphatic rings. The highest BCUT2D eigenvalue weighted by Gasteiger charge is 2.29. The topological polar surface area (TPSA) is 54.5 Å². The number of thiazole rings is 1. The average molecular weight is 337 g/mol. The molecular formula is C15H19N3O2S2. The number of ether oxygens (including phenoxy) is 1. The standard InChI is InChI=1S/C15H19N3O2S2/c1-10-7-18(8-14(20-10)12-3-4-21-9-12)15(19)17-6-13-5-16-11(2)22-13/h3-5,9-10,14H,6-8H2,1-2H3,(H,17,19)/t10-,14-/m0/s1. The zero-order valence-corrected chi connectivity index (χ0v) is 14.2. The van der Waals surface area contributed by atoms with Crippen LogP contribution in [0, 0.1) is 6.92 Å². The van der Waals surface area contributed by atoms with Crippen molar-refractivity contribution in [2.24, 2.45) is 0 Å². The monoisotopic (exact) mass is 337 g/mol. The molecule has 7 heteroatoms. The predicted molar refractivity (Wildman–Crippen MR) is 88.3 cm³/mol. The number of urea groups is 1. The number of aromatic nitrogens is 1. The molecule has 0 aromatic carbocycles. The van der Waals surface area contributed by atoms with Gasteiger partial charge in [-0.05, 0) is 36.2 Å². The van der Waals surface area contributed by atoms with Crippen molar-refractivity contribution in [3.63, 3.8) is 0 Å². The third-order valence-electron chi connectivity index (χ3n) is 3.55. The summed E-state index contributed by atoms with van der Waals surface area (Å²) in [5.74, 6) is 0. The van der Waals surface area contributed by atoms with Gasteiger partial charge in [0.05, 0.1) is 24.2 Å². The molecule has 2 aromatic rings. The molecular weight excluding hydrogens is 318 g/mol. The largest absolute Gasteiger partial charge is 0.367 e. The fourth-order valence-electron chi connectivity index (χ4n) is 2.52. The minimum atomic E-state index is -0.0403. The van der Waals surface area contributed by atoms with Crippen LogP contribution < -0.4 is 5.32 Å². The molecule has 0 unspecified atom stereocenters. The van der Waals surface area contributed by atoms with E-state index in [4.69, 9.17) is 4.74 Å². The minimum absolute atomic E-state index is 0.0357. The second-order valence-corrected chi connectivity index (χ2v) is 7.50. The number of amides is 2. The van der Waals surface area contributed by atoms with Crippen LogP contribution in [0.4, 0.5) is 4.79 Å². The van der Waals surface area contributed by atoms with Gasteiger partial charge < -0.3 is 15.0 Å². The summed E-state index contributed by atoms with van der Waals surface area (Å²) in [5.41, 5.74) is 1.15. The van der Waals surface area contributed by atoms with E-state index in [1.54, 1.807) is 22.7 Å². The molecule has 118 valence electrons. The number of carbonyl (C=O) groups excluding carboxylic acids is 1. The molecule has 1 saturated heterocycles. The van der Waals surface area contributed by atoms with E-state index in [1.807, 2.05) is 30.3 Å². The Bertz CT molecular complexity index is 627. The van der Waals surface area contributed by atoms with Crippen molar-refractivity contribution >= 4 is 28.7 Å². The molecule has 0 aliphatic carbocycles. The molecule has 1 N–H and O–H groups in total. The summed E-state index contributed by atoms with van der Waals surface area (Å²) < 4.78 is 5.95. The number of carbonyl (C=O) groups is 1. The van der Waals surface area contributed by atoms with Gasteiger partial charge in [0.15, 0.2) is 0 Å². The average Bonchev–Trinajstić information content (AvgIpc) is 3.15. The summed E-state index contributed by atoms with van der Waals surface area (Å²) in [6.45, 7) is 5.71. The second kappa shape index (κ2) is 6.76. The van der Waals surface area contributed by atoms with E-state index in [0.717, 1.165) is 15.4 Å². The van der Waals surface area contributed by atoms with Crippen molar-refractivity contribution in [2.45, 2.75) is 32.6 Å². The summed E-state index contributed by atoms with van der Waals surface area (Å²) in [6, 6.07) is 2.02. The molecule has 0 spiro atoms. The fraction of sp³-hybridized carbons (Fsp3) is 0.467. The summed E-state index contributed by atoms with van der Waals surface area (Å²) in [4.78, 5) is 19.5. The molecule has 3 heterocycles. The number of nitrogens with zero attached hydrogens (tertiary/aromatic N) is 2. The summed E-state index contributed by atoms with van der Waals surface area (Å²) in [6.07, 6.45) is 1.82. The van der Waals surface area contributed by atoms with Crippen molar-refractivity contribution < 1.29 is 9.53 Å². The quantitative estimate of drug-likeness (QED) is 0.936. The van der Waals surface area contributed by atoms with Crippen LogP contribution in [-0.2, 0) is 11.3 Å². The SMILES string of the molecule is Cc1ncc(CNC(=O)N2C[C@@H](c3ccsc3)O[C@@H](C)C2)s1. The molecule has 2 amide bonds. The van der Waals surface area contributed by atoms with Crippen LogP contribution in [-0.4, -0.2) is 35.1 Å². The van der Waals surface area contributed by atoms with E-state index in [-0.39, 0.29) is 18.2 Å². The minimum Gasteiger partial charge on any atom is -0.367 e. The summed E-state index contributed by atoms with van der Waals surface area (Å²) >= 11 is 3.26. The normalized spacial score (nSPS) is 21.8. The number of nitrogens with one attached hydrogen (secondary N) is 1. The van der Waals surface area contributed by atoms with E-state index >= 15 is 0 Å². The van der Waals surface area contributed by atoms with Crippen LogP contribution >= 0.6 is 22.7 Å². The first-order chi connectivity index (χ1) is 10.6. The number of hydrogen-bond donors (Lipinski definition) is 1. The first kappa shape index (κ1) is 15.5. The third kappa shape index (κ3) is 3.66. The molecule has 2 atom stereocenters.